The van der Waals surface area contributed by atoms with Crippen molar-refractivity contribution in [2.75, 3.05) is 0 Å². The molecule has 23 heavy (non-hydrogen) atoms. The van der Waals surface area contributed by atoms with Crippen molar-refractivity contribution >= 4 is 0 Å². The van der Waals surface area contributed by atoms with Crippen molar-refractivity contribution in [1.82, 2.24) is 10.1 Å². The van der Waals surface area contributed by atoms with Gasteiger partial charge in [0, 0.05) is 5.56 Å². The summed E-state index contributed by atoms with van der Waals surface area (Å²) < 4.78 is 19.6. The SMILES string of the molecule is CC(c1ccc(-c2ccccc2)c(F)c1)c1nc(CC#N)no1. The van der Waals surface area contributed by atoms with Crippen LogP contribution in [0.25, 0.3) is 11.1 Å². The van der Waals surface area contributed by atoms with E-state index in [0.717, 1.165) is 11.1 Å². The molecule has 0 aliphatic rings. The Balaban J connectivity index is 1.89. The third-order valence-electron chi connectivity index (χ3n) is 3.67. The lowest BCUT2D eigenvalue weighted by Crippen LogP contribution is -1.98. The molecule has 0 fully saturated rings. The predicted octanol–water partition coefficient (Wildman–Crippen LogP) is 4.09. The molecule has 0 aliphatic heterocycles. The summed E-state index contributed by atoms with van der Waals surface area (Å²) >= 11 is 0. The minimum atomic E-state index is -0.294. The summed E-state index contributed by atoms with van der Waals surface area (Å²) in [6.45, 7) is 1.86. The van der Waals surface area contributed by atoms with Crippen LogP contribution in [-0.4, -0.2) is 10.1 Å². The maximum atomic E-state index is 14.4. The van der Waals surface area contributed by atoms with E-state index >= 15 is 0 Å². The van der Waals surface area contributed by atoms with Crippen LogP contribution in [0.5, 0.6) is 0 Å². The lowest BCUT2D eigenvalue weighted by atomic mass is 9.97. The zero-order valence-electron chi connectivity index (χ0n) is 12.5. The molecule has 0 amide bonds. The topological polar surface area (TPSA) is 62.7 Å². The highest BCUT2D eigenvalue weighted by Gasteiger charge is 2.18. The van der Waals surface area contributed by atoms with Gasteiger partial charge in [-0.15, -0.1) is 0 Å². The van der Waals surface area contributed by atoms with Crippen LogP contribution < -0.4 is 0 Å². The Labute approximate surface area is 133 Å². The summed E-state index contributed by atoms with van der Waals surface area (Å²) in [6, 6.07) is 16.4. The molecule has 0 spiro atoms. The van der Waals surface area contributed by atoms with E-state index in [-0.39, 0.29) is 18.2 Å². The van der Waals surface area contributed by atoms with Gasteiger partial charge in [-0.2, -0.15) is 10.2 Å². The lowest BCUT2D eigenvalue weighted by molar-refractivity contribution is 0.366. The zero-order chi connectivity index (χ0) is 16.2. The Hall–Kier alpha value is -3.00. The maximum absolute atomic E-state index is 14.4. The molecule has 4 nitrogen and oxygen atoms in total. The van der Waals surface area contributed by atoms with Crippen LogP contribution in [0, 0.1) is 17.1 Å². The average Bonchev–Trinajstić information content (AvgIpc) is 3.04. The number of halogens is 1. The number of benzene rings is 2. The molecule has 2 aromatic carbocycles. The van der Waals surface area contributed by atoms with Gasteiger partial charge in [0.2, 0.25) is 5.89 Å². The molecular formula is C18H14FN3O. The minimum absolute atomic E-state index is 0.0948. The van der Waals surface area contributed by atoms with Crippen molar-refractivity contribution in [2.24, 2.45) is 0 Å². The van der Waals surface area contributed by atoms with Gasteiger partial charge in [0.25, 0.3) is 0 Å². The quantitative estimate of drug-likeness (QED) is 0.728. The highest BCUT2D eigenvalue weighted by atomic mass is 19.1. The molecule has 3 aromatic rings. The van der Waals surface area contributed by atoms with Gasteiger partial charge in [0.15, 0.2) is 5.82 Å². The summed E-state index contributed by atoms with van der Waals surface area (Å²) in [7, 11) is 0. The zero-order valence-corrected chi connectivity index (χ0v) is 12.5. The number of aromatic nitrogens is 2. The van der Waals surface area contributed by atoms with E-state index in [9.17, 15) is 4.39 Å². The first kappa shape index (κ1) is 14.9. The molecule has 0 radical (unpaired) electrons. The number of hydrogen-bond donors (Lipinski definition) is 0. The first-order valence-corrected chi connectivity index (χ1v) is 7.23. The van der Waals surface area contributed by atoms with E-state index in [2.05, 4.69) is 10.1 Å². The third-order valence-corrected chi connectivity index (χ3v) is 3.67. The van der Waals surface area contributed by atoms with Gasteiger partial charge in [-0.25, -0.2) is 4.39 Å². The van der Waals surface area contributed by atoms with E-state index in [1.807, 2.05) is 49.4 Å². The Kier molecular flexibility index (Phi) is 4.15. The van der Waals surface area contributed by atoms with Crippen molar-refractivity contribution in [3.8, 4) is 17.2 Å². The summed E-state index contributed by atoms with van der Waals surface area (Å²) in [4.78, 5) is 4.16. The summed E-state index contributed by atoms with van der Waals surface area (Å²) in [6.07, 6.45) is 0.0948. The van der Waals surface area contributed by atoms with E-state index in [4.69, 9.17) is 9.78 Å². The molecule has 0 aliphatic carbocycles. The van der Waals surface area contributed by atoms with Gasteiger partial charge in [-0.3, -0.25) is 0 Å². The van der Waals surface area contributed by atoms with Crippen LogP contribution in [0.4, 0.5) is 4.39 Å². The van der Waals surface area contributed by atoms with Crippen LogP contribution >= 0.6 is 0 Å². The van der Waals surface area contributed by atoms with Crippen LogP contribution in [0.3, 0.4) is 0 Å². The molecule has 0 saturated heterocycles. The molecule has 1 atom stereocenters. The minimum Gasteiger partial charge on any atom is -0.339 e. The second-order valence-electron chi connectivity index (χ2n) is 5.21. The summed E-state index contributed by atoms with van der Waals surface area (Å²) in [5, 5.41) is 12.4. The van der Waals surface area contributed by atoms with Gasteiger partial charge >= 0.3 is 0 Å². The Bertz CT molecular complexity index is 852. The molecule has 1 heterocycles. The number of nitriles is 1. The van der Waals surface area contributed by atoms with E-state index in [1.54, 1.807) is 6.07 Å². The van der Waals surface area contributed by atoms with Gasteiger partial charge in [-0.1, -0.05) is 47.6 Å². The van der Waals surface area contributed by atoms with Crippen molar-refractivity contribution in [3.63, 3.8) is 0 Å². The second-order valence-corrected chi connectivity index (χ2v) is 5.21. The summed E-state index contributed by atoms with van der Waals surface area (Å²) in [5.41, 5.74) is 2.13. The van der Waals surface area contributed by atoms with Crippen molar-refractivity contribution in [1.29, 1.82) is 5.26 Å². The van der Waals surface area contributed by atoms with Crippen LogP contribution in [0.15, 0.2) is 53.1 Å². The Morgan fingerprint density at radius 1 is 1.22 bits per heavy atom. The first-order chi connectivity index (χ1) is 11.2. The molecule has 5 heteroatoms. The second kappa shape index (κ2) is 6.41. The van der Waals surface area contributed by atoms with Crippen LogP contribution in [0.2, 0.25) is 0 Å². The molecule has 1 unspecified atom stereocenters. The molecule has 114 valence electrons. The van der Waals surface area contributed by atoms with Gasteiger partial charge in [-0.05, 0) is 24.1 Å². The monoisotopic (exact) mass is 307 g/mol. The molecular weight excluding hydrogens is 293 g/mol. The molecule has 0 saturated carbocycles. The largest absolute Gasteiger partial charge is 0.339 e. The molecule has 3 rings (SSSR count). The first-order valence-electron chi connectivity index (χ1n) is 7.23. The normalized spacial score (nSPS) is 11.9. The number of nitrogens with zero attached hydrogens (tertiary/aromatic N) is 3. The molecule has 0 bridgehead atoms. The average molecular weight is 307 g/mol. The number of hydrogen-bond acceptors (Lipinski definition) is 4. The van der Waals surface area contributed by atoms with Crippen LogP contribution in [0.1, 0.15) is 30.1 Å². The smallest absolute Gasteiger partial charge is 0.233 e. The van der Waals surface area contributed by atoms with Gasteiger partial charge in [0.05, 0.1) is 18.4 Å². The van der Waals surface area contributed by atoms with E-state index < -0.39 is 0 Å². The van der Waals surface area contributed by atoms with Crippen molar-refractivity contribution in [3.05, 3.63) is 71.6 Å². The highest BCUT2D eigenvalue weighted by molar-refractivity contribution is 5.64. The Morgan fingerprint density at radius 3 is 2.70 bits per heavy atom. The van der Waals surface area contributed by atoms with Gasteiger partial charge < -0.3 is 4.52 Å². The van der Waals surface area contributed by atoms with Crippen molar-refractivity contribution in [2.45, 2.75) is 19.3 Å². The van der Waals surface area contributed by atoms with Gasteiger partial charge in [0.1, 0.15) is 5.82 Å². The van der Waals surface area contributed by atoms with E-state index in [0.29, 0.717) is 17.3 Å². The fraction of sp³-hybridized carbons (Fsp3) is 0.167. The Morgan fingerprint density at radius 2 is 2.00 bits per heavy atom. The van der Waals surface area contributed by atoms with Crippen LogP contribution in [-0.2, 0) is 6.42 Å². The highest BCUT2D eigenvalue weighted by Crippen LogP contribution is 2.28. The van der Waals surface area contributed by atoms with Crippen molar-refractivity contribution < 1.29 is 8.91 Å². The predicted molar refractivity (Wildman–Crippen MR) is 83.0 cm³/mol. The third kappa shape index (κ3) is 3.11. The molecule has 0 N–H and O–H groups in total. The lowest BCUT2D eigenvalue weighted by Gasteiger charge is -2.10. The standard InChI is InChI=1S/C18H14FN3O/c1-12(18-21-17(9-10-20)22-23-18)14-7-8-15(16(19)11-14)13-5-3-2-4-6-13/h2-8,11-12H,9H2,1H3. The number of rotatable bonds is 4. The fourth-order valence-corrected chi connectivity index (χ4v) is 2.38. The molecule has 1 aromatic heterocycles. The fourth-order valence-electron chi connectivity index (χ4n) is 2.38. The van der Waals surface area contributed by atoms with E-state index in [1.165, 1.54) is 6.07 Å². The maximum Gasteiger partial charge on any atom is 0.233 e. The summed E-state index contributed by atoms with van der Waals surface area (Å²) in [5.74, 6) is 0.185.